The standard InChI is InChI=1S/C12H20N2O4/c15-11(6-10-7-13-2-4-18-10)14-3-1-9(8-14)5-12(16)17/h9-10,13H,1-8H2,(H,16,17). The van der Waals surface area contributed by atoms with Gasteiger partial charge >= 0.3 is 5.97 Å². The van der Waals surface area contributed by atoms with Crippen LogP contribution in [0.4, 0.5) is 0 Å². The summed E-state index contributed by atoms with van der Waals surface area (Å²) in [4.78, 5) is 24.4. The monoisotopic (exact) mass is 256 g/mol. The summed E-state index contributed by atoms with van der Waals surface area (Å²) < 4.78 is 5.50. The van der Waals surface area contributed by atoms with Gasteiger partial charge in [0.05, 0.1) is 19.1 Å². The quantitative estimate of drug-likeness (QED) is 0.721. The number of rotatable bonds is 4. The molecule has 2 aliphatic heterocycles. The molecule has 0 aromatic carbocycles. The lowest BCUT2D eigenvalue weighted by Gasteiger charge is -2.25. The van der Waals surface area contributed by atoms with Gasteiger partial charge in [-0.25, -0.2) is 0 Å². The van der Waals surface area contributed by atoms with Gasteiger partial charge < -0.3 is 20.1 Å². The number of aliphatic carboxylic acids is 1. The largest absolute Gasteiger partial charge is 0.481 e. The highest BCUT2D eigenvalue weighted by molar-refractivity contribution is 5.77. The molecule has 2 fully saturated rings. The van der Waals surface area contributed by atoms with Crippen LogP contribution in [0.25, 0.3) is 0 Å². The zero-order valence-corrected chi connectivity index (χ0v) is 10.4. The second-order valence-corrected chi connectivity index (χ2v) is 4.99. The van der Waals surface area contributed by atoms with Crippen LogP contribution in [0.2, 0.25) is 0 Å². The summed E-state index contributed by atoms with van der Waals surface area (Å²) in [6, 6.07) is 0. The number of carbonyl (C=O) groups excluding carboxylic acids is 1. The molecular formula is C12H20N2O4. The molecule has 2 unspecified atom stereocenters. The van der Waals surface area contributed by atoms with E-state index in [1.54, 1.807) is 4.90 Å². The number of ether oxygens (including phenoxy) is 1. The summed E-state index contributed by atoms with van der Waals surface area (Å²) in [5.74, 6) is -0.595. The molecular weight excluding hydrogens is 236 g/mol. The normalized spacial score (nSPS) is 28.3. The van der Waals surface area contributed by atoms with E-state index in [2.05, 4.69) is 5.32 Å². The first-order chi connectivity index (χ1) is 8.65. The van der Waals surface area contributed by atoms with Crippen LogP contribution in [-0.4, -0.2) is 60.8 Å². The van der Waals surface area contributed by atoms with Crippen LogP contribution in [0, 0.1) is 5.92 Å². The molecule has 0 aliphatic carbocycles. The third-order valence-corrected chi connectivity index (χ3v) is 3.51. The molecule has 102 valence electrons. The molecule has 18 heavy (non-hydrogen) atoms. The van der Waals surface area contributed by atoms with Crippen molar-refractivity contribution in [1.82, 2.24) is 10.2 Å². The zero-order chi connectivity index (χ0) is 13.0. The minimum Gasteiger partial charge on any atom is -0.481 e. The van der Waals surface area contributed by atoms with Crippen molar-refractivity contribution in [2.45, 2.75) is 25.4 Å². The van der Waals surface area contributed by atoms with E-state index in [1.165, 1.54) is 0 Å². The molecule has 0 saturated carbocycles. The Bertz CT molecular complexity index is 315. The Kier molecular flexibility index (Phi) is 4.54. The Morgan fingerprint density at radius 1 is 1.39 bits per heavy atom. The average Bonchev–Trinajstić information content (AvgIpc) is 2.78. The molecule has 2 heterocycles. The second-order valence-electron chi connectivity index (χ2n) is 4.99. The summed E-state index contributed by atoms with van der Waals surface area (Å²) in [6.07, 6.45) is 1.31. The van der Waals surface area contributed by atoms with Gasteiger partial charge in [-0.15, -0.1) is 0 Å². The van der Waals surface area contributed by atoms with Crippen LogP contribution >= 0.6 is 0 Å². The molecule has 1 amide bonds. The third-order valence-electron chi connectivity index (χ3n) is 3.51. The van der Waals surface area contributed by atoms with Crippen molar-refractivity contribution in [3.63, 3.8) is 0 Å². The minimum atomic E-state index is -0.783. The van der Waals surface area contributed by atoms with Crippen LogP contribution in [0.5, 0.6) is 0 Å². The Morgan fingerprint density at radius 3 is 2.89 bits per heavy atom. The first-order valence-electron chi connectivity index (χ1n) is 6.47. The average molecular weight is 256 g/mol. The molecule has 2 saturated heterocycles. The first kappa shape index (κ1) is 13.3. The number of nitrogens with zero attached hydrogens (tertiary/aromatic N) is 1. The maximum Gasteiger partial charge on any atom is 0.303 e. The molecule has 2 N–H and O–H groups in total. The van der Waals surface area contributed by atoms with Gasteiger partial charge in [-0.2, -0.15) is 0 Å². The van der Waals surface area contributed by atoms with Crippen molar-refractivity contribution in [3.8, 4) is 0 Å². The van der Waals surface area contributed by atoms with Gasteiger partial charge in [-0.1, -0.05) is 0 Å². The summed E-state index contributed by atoms with van der Waals surface area (Å²) in [7, 11) is 0. The number of carboxylic acids is 1. The van der Waals surface area contributed by atoms with Crippen molar-refractivity contribution in [2.75, 3.05) is 32.8 Å². The maximum absolute atomic E-state index is 12.0. The number of nitrogens with one attached hydrogen (secondary N) is 1. The van der Waals surface area contributed by atoms with E-state index in [4.69, 9.17) is 9.84 Å². The van der Waals surface area contributed by atoms with Crippen LogP contribution in [0.15, 0.2) is 0 Å². The molecule has 2 aliphatic rings. The number of likely N-dealkylation sites (tertiary alicyclic amines) is 1. The van der Waals surface area contributed by atoms with Crippen molar-refractivity contribution >= 4 is 11.9 Å². The van der Waals surface area contributed by atoms with Crippen molar-refractivity contribution in [3.05, 3.63) is 0 Å². The number of carbonyl (C=O) groups is 2. The highest BCUT2D eigenvalue weighted by atomic mass is 16.5. The van der Waals surface area contributed by atoms with E-state index in [0.29, 0.717) is 26.1 Å². The van der Waals surface area contributed by atoms with Crippen LogP contribution in [0.1, 0.15) is 19.3 Å². The molecule has 0 aromatic rings. The van der Waals surface area contributed by atoms with Crippen LogP contribution < -0.4 is 5.32 Å². The van der Waals surface area contributed by atoms with Gasteiger partial charge in [-0.05, 0) is 12.3 Å². The molecule has 6 nitrogen and oxygen atoms in total. The smallest absolute Gasteiger partial charge is 0.303 e. The molecule has 2 rings (SSSR count). The number of hydrogen-bond acceptors (Lipinski definition) is 4. The Morgan fingerprint density at radius 2 is 2.22 bits per heavy atom. The van der Waals surface area contributed by atoms with E-state index < -0.39 is 5.97 Å². The van der Waals surface area contributed by atoms with E-state index in [1.807, 2.05) is 0 Å². The predicted octanol–water partition coefficient (Wildman–Crippen LogP) is -0.312. The fourth-order valence-corrected chi connectivity index (χ4v) is 2.55. The lowest BCUT2D eigenvalue weighted by Crippen LogP contribution is -2.42. The van der Waals surface area contributed by atoms with Crippen molar-refractivity contribution in [1.29, 1.82) is 0 Å². The lowest BCUT2D eigenvalue weighted by atomic mass is 10.1. The summed E-state index contributed by atoms with van der Waals surface area (Å²) in [6.45, 7) is 3.47. The van der Waals surface area contributed by atoms with Crippen molar-refractivity contribution < 1.29 is 19.4 Å². The minimum absolute atomic E-state index is 0.0372. The van der Waals surface area contributed by atoms with Gasteiger partial charge in [0.25, 0.3) is 0 Å². The summed E-state index contributed by atoms with van der Waals surface area (Å²) in [5.41, 5.74) is 0. The van der Waals surface area contributed by atoms with E-state index in [9.17, 15) is 9.59 Å². The molecule has 2 atom stereocenters. The Balaban J connectivity index is 1.74. The molecule has 0 radical (unpaired) electrons. The topological polar surface area (TPSA) is 78.9 Å². The van der Waals surface area contributed by atoms with Gasteiger partial charge in [-0.3, -0.25) is 9.59 Å². The third kappa shape index (κ3) is 3.68. The molecule has 0 aromatic heterocycles. The summed E-state index contributed by atoms with van der Waals surface area (Å²) >= 11 is 0. The fourth-order valence-electron chi connectivity index (χ4n) is 2.55. The zero-order valence-electron chi connectivity index (χ0n) is 10.4. The predicted molar refractivity (Wildman–Crippen MR) is 64.2 cm³/mol. The molecule has 0 bridgehead atoms. The van der Waals surface area contributed by atoms with Gasteiger partial charge in [0.2, 0.25) is 5.91 Å². The van der Waals surface area contributed by atoms with Gasteiger partial charge in [0.15, 0.2) is 0 Å². The van der Waals surface area contributed by atoms with Crippen molar-refractivity contribution in [2.24, 2.45) is 5.92 Å². The highest BCUT2D eigenvalue weighted by Crippen LogP contribution is 2.20. The first-order valence-corrected chi connectivity index (χ1v) is 6.47. The molecule has 6 heteroatoms. The second kappa shape index (κ2) is 6.15. The van der Waals surface area contributed by atoms with E-state index >= 15 is 0 Å². The van der Waals surface area contributed by atoms with Crippen LogP contribution in [-0.2, 0) is 14.3 Å². The SMILES string of the molecule is O=C(O)CC1CCN(C(=O)CC2CNCCO2)C1. The highest BCUT2D eigenvalue weighted by Gasteiger charge is 2.29. The Labute approximate surface area is 106 Å². The number of amides is 1. The molecule has 0 spiro atoms. The summed E-state index contributed by atoms with van der Waals surface area (Å²) in [5, 5.41) is 11.9. The van der Waals surface area contributed by atoms with E-state index in [-0.39, 0.29) is 24.3 Å². The lowest BCUT2D eigenvalue weighted by molar-refractivity contribution is -0.139. The Hall–Kier alpha value is -1.14. The van der Waals surface area contributed by atoms with E-state index in [0.717, 1.165) is 19.5 Å². The fraction of sp³-hybridized carbons (Fsp3) is 0.833. The number of hydrogen-bond donors (Lipinski definition) is 2. The van der Waals surface area contributed by atoms with Crippen LogP contribution in [0.3, 0.4) is 0 Å². The number of carboxylic acid groups (broad SMARTS) is 1. The van der Waals surface area contributed by atoms with Gasteiger partial charge in [0.1, 0.15) is 0 Å². The van der Waals surface area contributed by atoms with Gasteiger partial charge in [0, 0.05) is 32.6 Å². The maximum atomic E-state index is 12.0. The number of morpholine rings is 1.